The summed E-state index contributed by atoms with van der Waals surface area (Å²) in [7, 11) is 0. The molecular weight excluding hydrogens is 204 g/mol. The van der Waals surface area contributed by atoms with Crippen LogP contribution in [0.2, 0.25) is 0 Å². The van der Waals surface area contributed by atoms with Crippen molar-refractivity contribution in [2.45, 2.75) is 52.6 Å². The maximum absolute atomic E-state index is 11.8. The van der Waals surface area contributed by atoms with Gasteiger partial charge in [0.2, 0.25) is 0 Å². The van der Waals surface area contributed by atoms with Gasteiger partial charge in [-0.05, 0) is 46.6 Å². The first kappa shape index (κ1) is 12.9. The summed E-state index contributed by atoms with van der Waals surface area (Å²) < 4.78 is 5.30. The highest BCUT2D eigenvalue weighted by Crippen LogP contribution is 2.24. The molecule has 0 fully saturated rings. The normalized spacial score (nSPS) is 19.0. The monoisotopic (exact) mass is 224 g/mol. The first-order valence-corrected chi connectivity index (χ1v) is 5.76. The third-order valence-electron chi connectivity index (χ3n) is 2.55. The first-order chi connectivity index (χ1) is 7.29. The predicted molar refractivity (Wildman–Crippen MR) is 62.0 cm³/mol. The van der Waals surface area contributed by atoms with Gasteiger partial charge in [-0.1, -0.05) is 5.57 Å². The van der Waals surface area contributed by atoms with Crippen LogP contribution in [0.5, 0.6) is 0 Å². The van der Waals surface area contributed by atoms with Crippen LogP contribution in [0, 0.1) is 5.92 Å². The number of carbonyl (C=O) groups excluding carboxylic acids is 2. The van der Waals surface area contributed by atoms with E-state index in [1.165, 1.54) is 0 Å². The van der Waals surface area contributed by atoms with Crippen LogP contribution in [-0.2, 0) is 14.3 Å². The molecule has 0 amide bonds. The zero-order valence-corrected chi connectivity index (χ0v) is 10.5. The SMILES string of the molecule is C[C@@H](C(=O)OC(C)(C)C)C1=CC(=O)CCC1. The van der Waals surface area contributed by atoms with Crippen LogP contribution in [0.4, 0.5) is 0 Å². The second kappa shape index (κ2) is 4.81. The molecule has 0 aliphatic heterocycles. The minimum atomic E-state index is -0.468. The van der Waals surface area contributed by atoms with Crippen molar-refractivity contribution in [2.75, 3.05) is 0 Å². The molecule has 0 saturated heterocycles. The summed E-state index contributed by atoms with van der Waals surface area (Å²) in [5.74, 6) is -0.423. The van der Waals surface area contributed by atoms with Crippen LogP contribution in [-0.4, -0.2) is 17.4 Å². The summed E-state index contributed by atoms with van der Waals surface area (Å²) in [4.78, 5) is 23.0. The molecule has 0 unspecified atom stereocenters. The van der Waals surface area contributed by atoms with Crippen molar-refractivity contribution in [2.24, 2.45) is 5.92 Å². The van der Waals surface area contributed by atoms with E-state index in [0.29, 0.717) is 6.42 Å². The fourth-order valence-electron chi connectivity index (χ4n) is 1.70. The van der Waals surface area contributed by atoms with Gasteiger partial charge in [-0.15, -0.1) is 0 Å². The topological polar surface area (TPSA) is 43.4 Å². The molecule has 0 heterocycles. The lowest BCUT2D eigenvalue weighted by Gasteiger charge is -2.24. The van der Waals surface area contributed by atoms with E-state index in [4.69, 9.17) is 4.74 Å². The van der Waals surface area contributed by atoms with Crippen LogP contribution in [0.3, 0.4) is 0 Å². The van der Waals surface area contributed by atoms with Crippen molar-refractivity contribution >= 4 is 11.8 Å². The highest BCUT2D eigenvalue weighted by molar-refractivity contribution is 5.92. The number of allylic oxidation sites excluding steroid dienone is 1. The molecule has 0 aromatic rings. The molecule has 3 nitrogen and oxygen atoms in total. The Labute approximate surface area is 96.9 Å². The quantitative estimate of drug-likeness (QED) is 0.677. The standard InChI is InChI=1S/C13H20O3/c1-9(12(15)16-13(2,3)4)10-6-5-7-11(14)8-10/h8-9H,5-7H2,1-4H3/t9-/m1/s1. The van der Waals surface area contributed by atoms with Crippen LogP contribution in [0.1, 0.15) is 47.0 Å². The molecule has 0 saturated carbocycles. The summed E-state index contributed by atoms with van der Waals surface area (Å²) in [5.41, 5.74) is 0.440. The van der Waals surface area contributed by atoms with Crippen molar-refractivity contribution in [3.05, 3.63) is 11.6 Å². The maximum atomic E-state index is 11.8. The Morgan fingerprint density at radius 1 is 1.38 bits per heavy atom. The maximum Gasteiger partial charge on any atom is 0.313 e. The van der Waals surface area contributed by atoms with Gasteiger partial charge < -0.3 is 4.74 Å². The van der Waals surface area contributed by atoms with Crippen molar-refractivity contribution in [1.82, 2.24) is 0 Å². The Kier molecular flexibility index (Phi) is 3.89. The molecule has 0 radical (unpaired) electrons. The summed E-state index contributed by atoms with van der Waals surface area (Å²) in [6.45, 7) is 7.34. The lowest BCUT2D eigenvalue weighted by atomic mass is 9.90. The van der Waals surface area contributed by atoms with E-state index in [9.17, 15) is 9.59 Å². The Balaban J connectivity index is 2.67. The fourth-order valence-corrected chi connectivity index (χ4v) is 1.70. The molecule has 0 aromatic heterocycles. The van der Waals surface area contributed by atoms with Crippen molar-refractivity contribution in [3.8, 4) is 0 Å². The second-order valence-electron chi connectivity index (χ2n) is 5.29. The molecule has 1 aliphatic rings. The van der Waals surface area contributed by atoms with Gasteiger partial charge in [0.1, 0.15) is 5.60 Å². The lowest BCUT2D eigenvalue weighted by molar-refractivity contribution is -0.158. The number of carbonyl (C=O) groups is 2. The Morgan fingerprint density at radius 2 is 2.00 bits per heavy atom. The van der Waals surface area contributed by atoms with Crippen LogP contribution < -0.4 is 0 Å². The van der Waals surface area contributed by atoms with Crippen LogP contribution >= 0.6 is 0 Å². The Morgan fingerprint density at radius 3 is 2.50 bits per heavy atom. The van der Waals surface area contributed by atoms with Gasteiger partial charge in [-0.3, -0.25) is 9.59 Å². The lowest BCUT2D eigenvalue weighted by Crippen LogP contribution is -2.29. The van der Waals surface area contributed by atoms with Gasteiger partial charge in [0.05, 0.1) is 5.92 Å². The minimum absolute atomic E-state index is 0.122. The van der Waals surface area contributed by atoms with E-state index in [1.807, 2.05) is 20.8 Å². The molecule has 0 aromatic carbocycles. The zero-order valence-electron chi connectivity index (χ0n) is 10.5. The van der Waals surface area contributed by atoms with E-state index in [-0.39, 0.29) is 17.7 Å². The molecule has 90 valence electrons. The summed E-state index contributed by atoms with van der Waals surface area (Å²) in [6.07, 6.45) is 3.88. The van der Waals surface area contributed by atoms with Crippen molar-refractivity contribution in [3.63, 3.8) is 0 Å². The van der Waals surface area contributed by atoms with Gasteiger partial charge in [0, 0.05) is 6.42 Å². The molecule has 0 spiro atoms. The molecule has 0 N–H and O–H groups in total. The number of esters is 1. The minimum Gasteiger partial charge on any atom is -0.460 e. The molecular formula is C13H20O3. The molecule has 1 aliphatic carbocycles. The number of ether oxygens (including phenoxy) is 1. The van der Waals surface area contributed by atoms with Gasteiger partial charge in [0.15, 0.2) is 5.78 Å². The van der Waals surface area contributed by atoms with Crippen LogP contribution in [0.15, 0.2) is 11.6 Å². The number of hydrogen-bond acceptors (Lipinski definition) is 3. The Hall–Kier alpha value is -1.12. The van der Waals surface area contributed by atoms with Gasteiger partial charge in [-0.2, -0.15) is 0 Å². The molecule has 0 bridgehead atoms. The molecule has 3 heteroatoms. The third kappa shape index (κ3) is 3.80. The highest BCUT2D eigenvalue weighted by atomic mass is 16.6. The van der Waals surface area contributed by atoms with Crippen molar-refractivity contribution < 1.29 is 14.3 Å². The van der Waals surface area contributed by atoms with Gasteiger partial charge in [-0.25, -0.2) is 0 Å². The second-order valence-corrected chi connectivity index (χ2v) is 5.29. The molecule has 1 atom stereocenters. The zero-order chi connectivity index (χ0) is 12.3. The summed E-state index contributed by atoms with van der Waals surface area (Å²) in [5, 5.41) is 0. The third-order valence-corrected chi connectivity index (χ3v) is 2.55. The molecule has 16 heavy (non-hydrogen) atoms. The average Bonchev–Trinajstić information content (AvgIpc) is 2.14. The molecule has 1 rings (SSSR count). The van der Waals surface area contributed by atoms with Gasteiger partial charge >= 0.3 is 5.97 Å². The van der Waals surface area contributed by atoms with E-state index >= 15 is 0 Å². The van der Waals surface area contributed by atoms with E-state index < -0.39 is 5.60 Å². The van der Waals surface area contributed by atoms with Crippen LogP contribution in [0.25, 0.3) is 0 Å². The highest BCUT2D eigenvalue weighted by Gasteiger charge is 2.26. The first-order valence-electron chi connectivity index (χ1n) is 5.76. The average molecular weight is 224 g/mol. The largest absolute Gasteiger partial charge is 0.460 e. The fraction of sp³-hybridized carbons (Fsp3) is 0.692. The van der Waals surface area contributed by atoms with E-state index in [0.717, 1.165) is 18.4 Å². The summed E-state index contributed by atoms with van der Waals surface area (Å²) >= 11 is 0. The van der Waals surface area contributed by atoms with Crippen molar-refractivity contribution in [1.29, 1.82) is 0 Å². The predicted octanol–water partition coefficient (Wildman–Crippen LogP) is 2.64. The van der Waals surface area contributed by atoms with E-state index in [2.05, 4.69) is 0 Å². The smallest absolute Gasteiger partial charge is 0.313 e. The number of hydrogen-bond donors (Lipinski definition) is 0. The van der Waals surface area contributed by atoms with E-state index in [1.54, 1.807) is 13.0 Å². The summed E-state index contributed by atoms with van der Waals surface area (Å²) in [6, 6.07) is 0. The number of rotatable bonds is 2. The number of ketones is 1. The van der Waals surface area contributed by atoms with Gasteiger partial charge in [0.25, 0.3) is 0 Å². The Bertz CT molecular complexity index is 321.